The number of nitrogens with two attached hydrogens (primary N) is 3. The van der Waals surface area contributed by atoms with Gasteiger partial charge in [-0.05, 0) is 29.7 Å². The van der Waals surface area contributed by atoms with Crippen molar-refractivity contribution in [3.63, 3.8) is 0 Å². The van der Waals surface area contributed by atoms with Gasteiger partial charge in [-0.1, -0.05) is 19.1 Å². The van der Waals surface area contributed by atoms with Crippen LogP contribution in [0, 0.1) is 11.2 Å². The maximum atomic E-state index is 13.1. The van der Waals surface area contributed by atoms with E-state index in [1.165, 1.54) is 12.1 Å². The molecule has 8 nitrogen and oxygen atoms in total. The Morgan fingerprint density at radius 1 is 1.11 bits per heavy atom. The summed E-state index contributed by atoms with van der Waals surface area (Å²) < 4.78 is 13.1. The van der Waals surface area contributed by atoms with Gasteiger partial charge in [0, 0.05) is 31.4 Å². The van der Waals surface area contributed by atoms with E-state index in [4.69, 9.17) is 11.1 Å². The normalized spacial score (nSPS) is 11.3. The largest absolute Gasteiger partial charge is 0.382 e. The van der Waals surface area contributed by atoms with E-state index in [1.54, 1.807) is 36.8 Å². The number of aromatic nitrogens is 4. The summed E-state index contributed by atoms with van der Waals surface area (Å²) in [6, 6.07) is 8.10. The van der Waals surface area contributed by atoms with Crippen molar-refractivity contribution in [3.05, 3.63) is 83.2 Å². The van der Waals surface area contributed by atoms with Crippen LogP contribution in [0.25, 0.3) is 0 Å². The predicted octanol–water partition coefficient (Wildman–Crippen LogP) is 1.45. The fourth-order valence-electron chi connectivity index (χ4n) is 2.66. The quantitative estimate of drug-likeness (QED) is 0.218. The summed E-state index contributed by atoms with van der Waals surface area (Å²) in [5.74, 6) is 8.32. The zero-order valence-corrected chi connectivity index (χ0v) is 15.5. The molecular formula is C19H23FN8. The Labute approximate surface area is 162 Å². The molecule has 0 radical (unpaired) electrons. The average Bonchev–Trinajstić information content (AvgIpc) is 2.70. The Hall–Kier alpha value is -3.30. The third-order valence-electron chi connectivity index (χ3n) is 4.01. The van der Waals surface area contributed by atoms with Crippen LogP contribution in [-0.2, 0) is 12.8 Å². The molecule has 2 heterocycles. The number of amidine groups is 1. The molecule has 0 aliphatic heterocycles. The van der Waals surface area contributed by atoms with Crippen LogP contribution in [-0.4, -0.2) is 25.8 Å². The fourth-order valence-corrected chi connectivity index (χ4v) is 2.66. The van der Waals surface area contributed by atoms with Gasteiger partial charge in [0.2, 0.25) is 0 Å². The van der Waals surface area contributed by atoms with Crippen molar-refractivity contribution in [2.45, 2.75) is 25.7 Å². The lowest BCUT2D eigenvalue weighted by Crippen LogP contribution is -2.17. The highest BCUT2D eigenvalue weighted by Crippen LogP contribution is 2.20. The van der Waals surface area contributed by atoms with E-state index in [2.05, 4.69) is 31.6 Å². The molecule has 0 fully saturated rings. The van der Waals surface area contributed by atoms with E-state index >= 15 is 0 Å². The fraction of sp³-hybridized carbons (Fsp3) is 0.211. The molecule has 1 aromatic carbocycles. The summed E-state index contributed by atoms with van der Waals surface area (Å²) in [7, 11) is 0. The highest BCUT2D eigenvalue weighted by Gasteiger charge is 2.13. The van der Waals surface area contributed by atoms with Crippen LogP contribution in [0.1, 0.15) is 41.3 Å². The first-order valence-electron chi connectivity index (χ1n) is 8.56. The van der Waals surface area contributed by atoms with Crippen LogP contribution in [0.15, 0.2) is 48.9 Å². The smallest absolute Gasteiger partial charge is 0.141 e. The molecule has 3 rings (SSSR count). The molecule has 0 amide bonds. The van der Waals surface area contributed by atoms with Crippen molar-refractivity contribution in [2.24, 2.45) is 17.4 Å². The van der Waals surface area contributed by atoms with E-state index in [1.807, 2.05) is 6.92 Å². The van der Waals surface area contributed by atoms with E-state index in [0.29, 0.717) is 24.4 Å². The van der Waals surface area contributed by atoms with Gasteiger partial charge in [0.05, 0.1) is 11.4 Å². The van der Waals surface area contributed by atoms with Crippen molar-refractivity contribution in [3.8, 4) is 0 Å². The summed E-state index contributed by atoms with van der Waals surface area (Å²) in [4.78, 5) is 17.3. The monoisotopic (exact) mass is 382 g/mol. The third kappa shape index (κ3) is 5.86. The molecule has 0 saturated carbocycles. The van der Waals surface area contributed by atoms with Gasteiger partial charge >= 0.3 is 0 Å². The standard InChI is InChI=1S/C19H19FN6.H4N2/c1-12(13-2-4-14(20)5-3-13)8-18-25-15(10-17(26-18)19(21)22)9-16-11-23-6-7-24-16;1-2/h2-7,10-12H,8-9H2,1H3,(H3,21,22);1-2H2/t12-;/m1./s1. The van der Waals surface area contributed by atoms with Crippen molar-refractivity contribution in [1.29, 1.82) is 5.41 Å². The minimum atomic E-state index is -0.262. The topological polar surface area (TPSA) is 153 Å². The maximum absolute atomic E-state index is 13.1. The minimum absolute atomic E-state index is 0.0992. The molecule has 28 heavy (non-hydrogen) atoms. The highest BCUT2D eigenvalue weighted by atomic mass is 19.1. The average molecular weight is 382 g/mol. The van der Waals surface area contributed by atoms with Crippen LogP contribution in [0.2, 0.25) is 0 Å². The first-order valence-corrected chi connectivity index (χ1v) is 8.56. The molecule has 7 N–H and O–H groups in total. The van der Waals surface area contributed by atoms with Gasteiger partial charge in [-0.2, -0.15) is 0 Å². The minimum Gasteiger partial charge on any atom is -0.382 e. The maximum Gasteiger partial charge on any atom is 0.141 e. The number of hydrogen-bond acceptors (Lipinski definition) is 7. The summed E-state index contributed by atoms with van der Waals surface area (Å²) >= 11 is 0. The number of hydrazine groups is 1. The lowest BCUT2D eigenvalue weighted by Gasteiger charge is -2.13. The van der Waals surface area contributed by atoms with E-state index in [-0.39, 0.29) is 17.6 Å². The summed E-state index contributed by atoms with van der Waals surface area (Å²) in [5, 5.41) is 7.70. The molecule has 0 spiro atoms. The van der Waals surface area contributed by atoms with E-state index in [0.717, 1.165) is 17.0 Å². The van der Waals surface area contributed by atoms with Crippen molar-refractivity contribution < 1.29 is 4.39 Å². The first-order chi connectivity index (χ1) is 13.5. The molecule has 0 unspecified atom stereocenters. The molecule has 1 atom stereocenters. The number of halogens is 1. The SMILES string of the molecule is C[C@H](Cc1nc(Cc2cnccn2)cc(C(=N)N)n1)c1ccc(F)cc1.NN. The van der Waals surface area contributed by atoms with Gasteiger partial charge in [-0.25, -0.2) is 14.4 Å². The van der Waals surface area contributed by atoms with E-state index < -0.39 is 0 Å². The highest BCUT2D eigenvalue weighted by molar-refractivity contribution is 5.93. The Morgan fingerprint density at radius 3 is 2.43 bits per heavy atom. The number of nitrogen functional groups attached to an aromatic ring is 1. The molecule has 0 aliphatic rings. The Balaban J connectivity index is 0.00000136. The number of benzene rings is 1. The number of nitrogens with one attached hydrogen (secondary N) is 1. The van der Waals surface area contributed by atoms with Crippen molar-refractivity contribution in [1.82, 2.24) is 19.9 Å². The molecule has 3 aromatic rings. The van der Waals surface area contributed by atoms with Crippen LogP contribution >= 0.6 is 0 Å². The second kappa shape index (κ2) is 10.1. The van der Waals surface area contributed by atoms with Gasteiger partial charge in [0.1, 0.15) is 23.2 Å². The summed E-state index contributed by atoms with van der Waals surface area (Å²) in [5.41, 5.74) is 8.52. The molecule has 2 aromatic heterocycles. The predicted molar refractivity (Wildman–Crippen MR) is 105 cm³/mol. The number of hydrogen-bond donors (Lipinski definition) is 4. The van der Waals surface area contributed by atoms with Gasteiger partial charge in [0.15, 0.2) is 0 Å². The Morgan fingerprint density at radius 2 is 1.82 bits per heavy atom. The Bertz CT molecular complexity index is 900. The summed E-state index contributed by atoms with van der Waals surface area (Å²) in [6.45, 7) is 2.03. The molecular weight excluding hydrogens is 359 g/mol. The van der Waals surface area contributed by atoms with Crippen molar-refractivity contribution >= 4 is 5.84 Å². The zero-order valence-electron chi connectivity index (χ0n) is 15.5. The number of nitrogens with zero attached hydrogens (tertiary/aromatic N) is 4. The van der Waals surface area contributed by atoms with Crippen LogP contribution in [0.5, 0.6) is 0 Å². The third-order valence-corrected chi connectivity index (χ3v) is 4.01. The molecule has 0 saturated heterocycles. The molecule has 146 valence electrons. The van der Waals surface area contributed by atoms with Gasteiger partial charge in [-0.15, -0.1) is 0 Å². The second-order valence-corrected chi connectivity index (χ2v) is 6.10. The number of rotatable bonds is 6. The Kier molecular flexibility index (Phi) is 7.61. The van der Waals surface area contributed by atoms with Crippen LogP contribution < -0.4 is 17.4 Å². The molecule has 0 bridgehead atoms. The first kappa shape index (κ1) is 21.0. The van der Waals surface area contributed by atoms with Crippen molar-refractivity contribution in [2.75, 3.05) is 0 Å². The van der Waals surface area contributed by atoms with Crippen LogP contribution in [0.4, 0.5) is 4.39 Å². The summed E-state index contributed by atoms with van der Waals surface area (Å²) in [6.07, 6.45) is 5.95. The van der Waals surface area contributed by atoms with Gasteiger partial charge in [-0.3, -0.25) is 27.1 Å². The zero-order chi connectivity index (χ0) is 20.5. The molecule has 9 heteroatoms. The van der Waals surface area contributed by atoms with Gasteiger partial charge in [0.25, 0.3) is 0 Å². The van der Waals surface area contributed by atoms with E-state index in [9.17, 15) is 4.39 Å². The lowest BCUT2D eigenvalue weighted by molar-refractivity contribution is 0.624. The lowest BCUT2D eigenvalue weighted by atomic mass is 9.97. The molecule has 0 aliphatic carbocycles. The van der Waals surface area contributed by atoms with Gasteiger partial charge < -0.3 is 5.73 Å². The van der Waals surface area contributed by atoms with Crippen LogP contribution in [0.3, 0.4) is 0 Å². The second-order valence-electron chi connectivity index (χ2n) is 6.10.